The van der Waals surface area contributed by atoms with Gasteiger partial charge in [0.25, 0.3) is 0 Å². The molecule has 1 heterocycles. The van der Waals surface area contributed by atoms with Crippen molar-refractivity contribution in [3.63, 3.8) is 0 Å². The van der Waals surface area contributed by atoms with E-state index in [-0.39, 0.29) is 19.1 Å². The molecule has 0 atom stereocenters. The molecule has 0 aliphatic carbocycles. The molecule has 1 aromatic rings. The van der Waals surface area contributed by atoms with Gasteiger partial charge in [0.2, 0.25) is 12.3 Å². The topological polar surface area (TPSA) is 88.2 Å². The number of aliphatic hydroxyl groups is 1. The first-order valence-electron chi connectivity index (χ1n) is 4.45. The maximum atomic E-state index is 11.1. The summed E-state index contributed by atoms with van der Waals surface area (Å²) >= 11 is 0. The Kier molecular flexibility index (Phi) is 4.63. The van der Waals surface area contributed by atoms with E-state index in [9.17, 15) is 4.79 Å². The zero-order chi connectivity index (χ0) is 10.2. The smallest absolute Gasteiger partial charge is 0.220 e. The first-order valence-corrected chi connectivity index (χ1v) is 4.45. The zero-order valence-electron chi connectivity index (χ0n) is 7.77. The highest BCUT2D eigenvalue weighted by Gasteiger charge is 2.02. The first-order chi connectivity index (χ1) is 6.83. The van der Waals surface area contributed by atoms with Gasteiger partial charge < -0.3 is 14.9 Å². The van der Waals surface area contributed by atoms with Crippen LogP contribution in [-0.4, -0.2) is 27.8 Å². The van der Waals surface area contributed by atoms with Crippen LogP contribution in [0.25, 0.3) is 0 Å². The molecule has 14 heavy (non-hydrogen) atoms. The number of aliphatic hydroxyl groups excluding tert-OH is 1. The fourth-order valence-electron chi connectivity index (χ4n) is 0.934. The molecule has 1 rings (SSSR count). The fraction of sp³-hybridized carbons (Fsp3) is 0.625. The van der Waals surface area contributed by atoms with Gasteiger partial charge in [0, 0.05) is 13.0 Å². The summed E-state index contributed by atoms with van der Waals surface area (Å²) in [5.74, 6) is 0.392. The molecule has 0 aliphatic rings. The maximum absolute atomic E-state index is 11.1. The Bertz CT molecular complexity index is 261. The van der Waals surface area contributed by atoms with Gasteiger partial charge >= 0.3 is 0 Å². The van der Waals surface area contributed by atoms with Crippen LogP contribution < -0.4 is 5.32 Å². The standard InChI is InChI=1S/C8H13N3O3/c12-4-2-1-3-8(13)9-5-7-10-6-14-11-7/h6,12H,1-5H2,(H,9,13). The number of aromatic nitrogens is 2. The van der Waals surface area contributed by atoms with Gasteiger partial charge in [-0.15, -0.1) is 0 Å². The van der Waals surface area contributed by atoms with Gasteiger partial charge in [-0.1, -0.05) is 5.16 Å². The Morgan fingerprint density at radius 3 is 3.07 bits per heavy atom. The Hall–Kier alpha value is -1.43. The van der Waals surface area contributed by atoms with E-state index in [0.29, 0.717) is 25.1 Å². The second-order valence-corrected chi connectivity index (χ2v) is 2.80. The van der Waals surface area contributed by atoms with Crippen molar-refractivity contribution in [3.8, 4) is 0 Å². The van der Waals surface area contributed by atoms with Gasteiger partial charge in [0.15, 0.2) is 5.82 Å². The molecule has 1 aromatic heterocycles. The Labute approximate surface area is 81.3 Å². The first kappa shape index (κ1) is 10.6. The lowest BCUT2D eigenvalue weighted by Crippen LogP contribution is -2.22. The van der Waals surface area contributed by atoms with E-state index in [1.807, 2.05) is 0 Å². The van der Waals surface area contributed by atoms with E-state index in [2.05, 4.69) is 20.0 Å². The molecular weight excluding hydrogens is 186 g/mol. The SMILES string of the molecule is O=C(CCCCO)NCc1ncon1. The summed E-state index contributed by atoms with van der Waals surface area (Å²) in [6.45, 7) is 0.409. The summed E-state index contributed by atoms with van der Waals surface area (Å²) < 4.78 is 4.50. The predicted octanol–water partition coefficient (Wildman–Crippen LogP) is -0.152. The van der Waals surface area contributed by atoms with E-state index < -0.39 is 0 Å². The third-order valence-corrected chi connectivity index (χ3v) is 1.66. The number of nitrogens with zero attached hydrogens (tertiary/aromatic N) is 2. The highest BCUT2D eigenvalue weighted by molar-refractivity contribution is 5.75. The number of unbranched alkanes of at least 4 members (excludes halogenated alkanes) is 1. The minimum atomic E-state index is -0.0664. The fourth-order valence-corrected chi connectivity index (χ4v) is 0.934. The van der Waals surface area contributed by atoms with Crippen molar-refractivity contribution in [2.45, 2.75) is 25.8 Å². The van der Waals surface area contributed by atoms with Gasteiger partial charge in [-0.05, 0) is 12.8 Å². The third-order valence-electron chi connectivity index (χ3n) is 1.66. The van der Waals surface area contributed by atoms with Gasteiger partial charge in [-0.25, -0.2) is 0 Å². The minimum absolute atomic E-state index is 0.0664. The third kappa shape index (κ3) is 3.99. The molecule has 0 fully saturated rings. The second-order valence-electron chi connectivity index (χ2n) is 2.80. The van der Waals surface area contributed by atoms with Crippen LogP contribution in [0.1, 0.15) is 25.1 Å². The normalized spacial score (nSPS) is 10.1. The lowest BCUT2D eigenvalue weighted by atomic mass is 10.2. The van der Waals surface area contributed by atoms with Crippen LogP contribution in [0.3, 0.4) is 0 Å². The average Bonchev–Trinajstić information content (AvgIpc) is 2.68. The van der Waals surface area contributed by atoms with E-state index in [4.69, 9.17) is 5.11 Å². The number of hydrogen-bond acceptors (Lipinski definition) is 5. The summed E-state index contributed by atoms with van der Waals surface area (Å²) in [7, 11) is 0. The van der Waals surface area contributed by atoms with E-state index in [0.717, 1.165) is 0 Å². The molecule has 0 saturated carbocycles. The summed E-state index contributed by atoms with van der Waals surface area (Å²) in [5, 5.41) is 14.7. The molecule has 0 spiro atoms. The van der Waals surface area contributed by atoms with E-state index in [1.165, 1.54) is 6.39 Å². The van der Waals surface area contributed by atoms with E-state index in [1.54, 1.807) is 0 Å². The average molecular weight is 199 g/mol. The molecule has 6 nitrogen and oxygen atoms in total. The quantitative estimate of drug-likeness (QED) is 0.622. The predicted molar refractivity (Wildman–Crippen MR) is 47.1 cm³/mol. The molecular formula is C8H13N3O3. The molecule has 0 unspecified atom stereocenters. The number of amides is 1. The summed E-state index contributed by atoms with van der Waals surface area (Å²) in [6.07, 6.45) is 2.97. The molecule has 1 amide bonds. The van der Waals surface area contributed by atoms with Gasteiger partial charge in [-0.2, -0.15) is 4.98 Å². The van der Waals surface area contributed by atoms with Crippen LogP contribution in [0, 0.1) is 0 Å². The van der Waals surface area contributed by atoms with Crippen molar-refractivity contribution < 1.29 is 14.4 Å². The van der Waals surface area contributed by atoms with Crippen LogP contribution in [-0.2, 0) is 11.3 Å². The molecule has 0 bridgehead atoms. The lowest BCUT2D eigenvalue weighted by Gasteiger charge is -2.00. The van der Waals surface area contributed by atoms with Crippen LogP contribution in [0.2, 0.25) is 0 Å². The summed E-state index contributed by atoms with van der Waals surface area (Å²) in [6, 6.07) is 0. The van der Waals surface area contributed by atoms with Crippen molar-refractivity contribution >= 4 is 5.91 Å². The minimum Gasteiger partial charge on any atom is -0.396 e. The molecule has 0 saturated heterocycles. The number of nitrogens with one attached hydrogen (secondary N) is 1. The molecule has 78 valence electrons. The molecule has 0 aliphatic heterocycles. The molecule has 0 radical (unpaired) electrons. The monoisotopic (exact) mass is 199 g/mol. The second kappa shape index (κ2) is 6.09. The van der Waals surface area contributed by atoms with Crippen molar-refractivity contribution in [1.29, 1.82) is 0 Å². The van der Waals surface area contributed by atoms with Crippen molar-refractivity contribution in [3.05, 3.63) is 12.2 Å². The van der Waals surface area contributed by atoms with Crippen LogP contribution in [0.4, 0.5) is 0 Å². The van der Waals surface area contributed by atoms with Crippen LogP contribution >= 0.6 is 0 Å². The van der Waals surface area contributed by atoms with Crippen molar-refractivity contribution in [2.24, 2.45) is 0 Å². The highest BCUT2D eigenvalue weighted by atomic mass is 16.5. The number of rotatable bonds is 6. The molecule has 6 heteroatoms. The van der Waals surface area contributed by atoms with Crippen LogP contribution in [0.15, 0.2) is 10.9 Å². The number of carbonyl (C=O) groups excluding carboxylic acids is 1. The largest absolute Gasteiger partial charge is 0.396 e. The Morgan fingerprint density at radius 1 is 1.57 bits per heavy atom. The summed E-state index contributed by atoms with van der Waals surface area (Å²) in [4.78, 5) is 14.9. The zero-order valence-corrected chi connectivity index (χ0v) is 7.77. The lowest BCUT2D eigenvalue weighted by molar-refractivity contribution is -0.121. The van der Waals surface area contributed by atoms with Gasteiger partial charge in [0.1, 0.15) is 0 Å². The Morgan fingerprint density at radius 2 is 2.43 bits per heavy atom. The van der Waals surface area contributed by atoms with Crippen molar-refractivity contribution in [1.82, 2.24) is 15.5 Å². The van der Waals surface area contributed by atoms with Gasteiger partial charge in [0.05, 0.1) is 6.54 Å². The number of carbonyl (C=O) groups is 1. The molecule has 2 N–H and O–H groups in total. The van der Waals surface area contributed by atoms with Gasteiger partial charge in [-0.3, -0.25) is 4.79 Å². The van der Waals surface area contributed by atoms with Crippen molar-refractivity contribution in [2.75, 3.05) is 6.61 Å². The van der Waals surface area contributed by atoms with Crippen LogP contribution in [0.5, 0.6) is 0 Å². The summed E-state index contributed by atoms with van der Waals surface area (Å²) in [5.41, 5.74) is 0. The van der Waals surface area contributed by atoms with E-state index >= 15 is 0 Å². The number of hydrogen-bond donors (Lipinski definition) is 2. The Balaban J connectivity index is 2.09. The highest BCUT2D eigenvalue weighted by Crippen LogP contribution is 1.94. The molecule has 0 aromatic carbocycles. The maximum Gasteiger partial charge on any atom is 0.220 e.